The van der Waals surface area contributed by atoms with Crippen molar-refractivity contribution < 1.29 is 23.1 Å². The van der Waals surface area contributed by atoms with E-state index in [9.17, 15) is 18.0 Å². The molecule has 1 aromatic heterocycles. The van der Waals surface area contributed by atoms with E-state index in [2.05, 4.69) is 20.3 Å². The topological polar surface area (TPSA) is 142 Å². The van der Waals surface area contributed by atoms with E-state index >= 15 is 0 Å². The predicted molar refractivity (Wildman–Crippen MR) is 73.4 cm³/mol. The Morgan fingerprint density at radius 1 is 1.29 bits per heavy atom. The van der Waals surface area contributed by atoms with Crippen LogP contribution in [0.5, 0.6) is 0 Å². The molecular weight excluding hydrogens is 302 g/mol. The number of urea groups is 1. The highest BCUT2D eigenvalue weighted by Crippen LogP contribution is 1.95. The first-order chi connectivity index (χ1) is 9.78. The molecule has 0 atom stereocenters. The highest BCUT2D eigenvalue weighted by molar-refractivity contribution is 7.88. The molecule has 0 saturated heterocycles. The van der Waals surface area contributed by atoms with Gasteiger partial charge in [0.15, 0.2) is 5.69 Å². The van der Waals surface area contributed by atoms with Crippen LogP contribution in [0, 0.1) is 0 Å². The molecule has 1 heterocycles. The second-order valence-corrected chi connectivity index (χ2v) is 5.98. The van der Waals surface area contributed by atoms with Crippen molar-refractivity contribution in [2.24, 2.45) is 0 Å². The van der Waals surface area contributed by atoms with Gasteiger partial charge >= 0.3 is 12.0 Å². The summed E-state index contributed by atoms with van der Waals surface area (Å²) in [7, 11) is -3.26. The van der Waals surface area contributed by atoms with Crippen LogP contribution in [0.25, 0.3) is 0 Å². The van der Waals surface area contributed by atoms with Crippen molar-refractivity contribution in [3.05, 3.63) is 18.2 Å². The van der Waals surface area contributed by atoms with E-state index in [1.54, 1.807) is 0 Å². The number of rotatable bonds is 8. The highest BCUT2D eigenvalue weighted by atomic mass is 32.2. The summed E-state index contributed by atoms with van der Waals surface area (Å²) in [4.78, 5) is 25.6. The Balaban J connectivity index is 2.17. The Morgan fingerprint density at radius 2 is 1.95 bits per heavy atom. The number of aromatic nitrogens is 2. The fraction of sp³-hybridized carbons (Fsp3) is 0.500. The van der Waals surface area contributed by atoms with Crippen molar-refractivity contribution in [1.29, 1.82) is 0 Å². The van der Waals surface area contributed by atoms with Crippen LogP contribution in [0.1, 0.15) is 10.5 Å². The number of nitrogens with zero attached hydrogens (tertiary/aromatic N) is 2. The number of carboxylic acids is 1. The summed E-state index contributed by atoms with van der Waals surface area (Å²) in [6, 6.07) is -0.441. The van der Waals surface area contributed by atoms with Gasteiger partial charge in [0, 0.05) is 32.4 Å². The lowest BCUT2D eigenvalue weighted by molar-refractivity contribution is 0.0691. The Hall–Kier alpha value is -2.14. The number of carbonyl (C=O) groups excluding carboxylic acids is 1. The second-order valence-electron chi connectivity index (χ2n) is 4.15. The molecule has 0 radical (unpaired) electrons. The number of hydrogen-bond acceptors (Lipinski definition) is 5. The maximum Gasteiger partial charge on any atom is 0.356 e. The van der Waals surface area contributed by atoms with Gasteiger partial charge in [-0.3, -0.25) is 0 Å². The van der Waals surface area contributed by atoms with Crippen molar-refractivity contribution in [2.45, 2.75) is 6.54 Å². The van der Waals surface area contributed by atoms with E-state index in [0.29, 0.717) is 6.54 Å². The maximum atomic E-state index is 11.4. The number of amides is 2. The Bertz CT molecular complexity index is 597. The second kappa shape index (κ2) is 7.59. The van der Waals surface area contributed by atoms with E-state index in [4.69, 9.17) is 5.11 Å². The zero-order valence-electron chi connectivity index (χ0n) is 11.4. The normalized spacial score (nSPS) is 11.1. The number of aromatic carboxylic acids is 1. The zero-order valence-corrected chi connectivity index (χ0v) is 12.2. The summed E-state index contributed by atoms with van der Waals surface area (Å²) in [6.07, 6.45) is 3.75. The molecule has 11 heteroatoms. The van der Waals surface area contributed by atoms with Gasteiger partial charge in [0.25, 0.3) is 0 Å². The summed E-state index contributed by atoms with van der Waals surface area (Å²) in [6.45, 7) is 0.916. The zero-order chi connectivity index (χ0) is 15.9. The number of imidazole rings is 1. The molecule has 21 heavy (non-hydrogen) atoms. The van der Waals surface area contributed by atoms with E-state index in [-0.39, 0.29) is 25.3 Å². The molecule has 0 saturated carbocycles. The van der Waals surface area contributed by atoms with Crippen molar-refractivity contribution >= 4 is 22.0 Å². The van der Waals surface area contributed by atoms with Crippen molar-refractivity contribution in [3.63, 3.8) is 0 Å². The molecule has 2 amide bonds. The van der Waals surface area contributed by atoms with E-state index < -0.39 is 22.0 Å². The molecule has 10 nitrogen and oxygen atoms in total. The molecule has 0 aromatic carbocycles. The third-order valence-corrected chi connectivity index (χ3v) is 3.01. The number of carboxylic acid groups (broad SMARTS) is 1. The molecule has 0 aliphatic rings. The SMILES string of the molecule is CS(=O)(=O)NCCNC(=O)NCCn1cnc(C(=O)O)c1. The summed E-state index contributed by atoms with van der Waals surface area (Å²) < 4.78 is 25.3. The molecule has 118 valence electrons. The molecule has 0 aliphatic carbocycles. The summed E-state index contributed by atoms with van der Waals surface area (Å²) in [5, 5.41) is 13.7. The largest absolute Gasteiger partial charge is 0.476 e. The first-order valence-corrected chi connectivity index (χ1v) is 7.88. The summed E-state index contributed by atoms with van der Waals surface area (Å²) in [5.74, 6) is -1.11. The third-order valence-electron chi connectivity index (χ3n) is 2.28. The van der Waals surface area contributed by atoms with Crippen LogP contribution in [-0.4, -0.2) is 61.0 Å². The van der Waals surface area contributed by atoms with Gasteiger partial charge in [0.05, 0.1) is 12.6 Å². The summed E-state index contributed by atoms with van der Waals surface area (Å²) in [5.41, 5.74) is -0.0636. The minimum absolute atomic E-state index is 0.0636. The average Bonchev–Trinajstić information content (AvgIpc) is 2.82. The molecule has 1 aromatic rings. The molecule has 0 fully saturated rings. The van der Waals surface area contributed by atoms with Crippen molar-refractivity contribution in [2.75, 3.05) is 25.9 Å². The quantitative estimate of drug-likeness (QED) is 0.426. The van der Waals surface area contributed by atoms with Crippen LogP contribution in [0.2, 0.25) is 0 Å². The lowest BCUT2D eigenvalue weighted by Crippen LogP contribution is -2.41. The van der Waals surface area contributed by atoms with Gasteiger partial charge in [0.1, 0.15) is 0 Å². The molecule has 0 bridgehead atoms. The fourth-order valence-electron chi connectivity index (χ4n) is 1.37. The smallest absolute Gasteiger partial charge is 0.356 e. The van der Waals surface area contributed by atoms with Gasteiger partial charge in [-0.1, -0.05) is 0 Å². The minimum atomic E-state index is -3.26. The van der Waals surface area contributed by atoms with Crippen molar-refractivity contribution in [3.8, 4) is 0 Å². The first-order valence-electron chi connectivity index (χ1n) is 5.99. The molecule has 0 unspecified atom stereocenters. The van der Waals surface area contributed by atoms with Crippen LogP contribution in [0.3, 0.4) is 0 Å². The van der Waals surface area contributed by atoms with Gasteiger partial charge in [-0.2, -0.15) is 0 Å². The van der Waals surface area contributed by atoms with E-state index in [0.717, 1.165) is 6.26 Å². The standard InChI is InChI=1S/C10H17N5O5S/c1-21(19,20)14-3-2-11-10(18)12-4-5-15-6-8(9(16)17)13-7-15/h6-7,14H,2-5H2,1H3,(H,16,17)(H2,11,12,18). The Morgan fingerprint density at radius 3 is 2.52 bits per heavy atom. The van der Waals surface area contributed by atoms with E-state index in [1.807, 2.05) is 0 Å². The molecule has 1 rings (SSSR count). The molecule has 4 N–H and O–H groups in total. The lowest BCUT2D eigenvalue weighted by Gasteiger charge is -2.08. The number of sulfonamides is 1. The fourth-order valence-corrected chi connectivity index (χ4v) is 1.84. The maximum absolute atomic E-state index is 11.4. The van der Waals surface area contributed by atoms with Gasteiger partial charge < -0.3 is 20.3 Å². The monoisotopic (exact) mass is 319 g/mol. The summed E-state index contributed by atoms with van der Waals surface area (Å²) >= 11 is 0. The molecule has 0 spiro atoms. The lowest BCUT2D eigenvalue weighted by atomic mass is 10.5. The van der Waals surface area contributed by atoms with Gasteiger partial charge in [0.2, 0.25) is 10.0 Å². The minimum Gasteiger partial charge on any atom is -0.476 e. The molecule has 0 aliphatic heterocycles. The van der Waals surface area contributed by atoms with Gasteiger partial charge in [-0.25, -0.2) is 27.7 Å². The van der Waals surface area contributed by atoms with Crippen LogP contribution >= 0.6 is 0 Å². The van der Waals surface area contributed by atoms with Gasteiger partial charge in [-0.15, -0.1) is 0 Å². The number of nitrogens with one attached hydrogen (secondary N) is 3. The Labute approximate surface area is 121 Å². The predicted octanol–water partition coefficient (Wildman–Crippen LogP) is -1.57. The van der Waals surface area contributed by atoms with Crippen molar-refractivity contribution in [1.82, 2.24) is 24.9 Å². The van der Waals surface area contributed by atoms with Crippen LogP contribution in [0.15, 0.2) is 12.5 Å². The first kappa shape index (κ1) is 16.9. The number of hydrogen-bond donors (Lipinski definition) is 4. The highest BCUT2D eigenvalue weighted by Gasteiger charge is 2.06. The van der Waals surface area contributed by atoms with Crippen LogP contribution in [-0.2, 0) is 16.6 Å². The van der Waals surface area contributed by atoms with E-state index in [1.165, 1.54) is 17.1 Å². The van der Waals surface area contributed by atoms with Gasteiger partial charge in [-0.05, 0) is 0 Å². The average molecular weight is 319 g/mol. The van der Waals surface area contributed by atoms with Crippen LogP contribution in [0.4, 0.5) is 4.79 Å². The third kappa shape index (κ3) is 7.27. The Kier molecular flexibility index (Phi) is 6.11. The number of carbonyl (C=O) groups is 2. The van der Waals surface area contributed by atoms with Crippen LogP contribution < -0.4 is 15.4 Å². The molecular formula is C10H17N5O5S.